The van der Waals surface area contributed by atoms with E-state index < -0.39 is 0 Å². The first-order valence-electron chi connectivity index (χ1n) is 7.50. The molecule has 1 aliphatic carbocycles. The average Bonchev–Trinajstić information content (AvgIpc) is 2.95. The summed E-state index contributed by atoms with van der Waals surface area (Å²) in [5.41, 5.74) is 0. The summed E-state index contributed by atoms with van der Waals surface area (Å²) < 4.78 is 0. The van der Waals surface area contributed by atoms with E-state index in [-0.39, 0.29) is 11.8 Å². The van der Waals surface area contributed by atoms with Crippen molar-refractivity contribution in [3.05, 3.63) is 45.2 Å². The third kappa shape index (κ3) is 3.07. The lowest BCUT2D eigenvalue weighted by Gasteiger charge is -2.01. The molecule has 1 saturated carbocycles. The zero-order valence-electron chi connectivity index (χ0n) is 12.6. The van der Waals surface area contributed by atoms with Crippen LogP contribution in [0.2, 0.25) is 0 Å². The molecule has 0 radical (unpaired) electrons. The van der Waals surface area contributed by atoms with Crippen LogP contribution in [0.1, 0.15) is 27.9 Å². The maximum Gasteiger partial charge on any atom is 0.224 e. The average molecular weight is 344 g/mol. The first kappa shape index (κ1) is 14.6. The minimum absolute atomic E-state index is 0.104. The van der Waals surface area contributed by atoms with E-state index in [2.05, 4.69) is 39.6 Å². The number of H-pyrrole nitrogens is 1. The molecule has 5 nitrogen and oxygen atoms in total. The van der Waals surface area contributed by atoms with E-state index >= 15 is 0 Å². The molecule has 0 bridgehead atoms. The van der Waals surface area contributed by atoms with Crippen LogP contribution in [-0.2, 0) is 11.3 Å². The summed E-state index contributed by atoms with van der Waals surface area (Å²) in [6.45, 7) is 2.49. The highest BCUT2D eigenvalue weighted by atomic mass is 32.1. The largest absolute Gasteiger partial charge is 0.349 e. The highest BCUT2D eigenvalue weighted by Gasteiger charge is 2.44. The predicted octanol–water partition coefficient (Wildman–Crippen LogP) is 3.32. The van der Waals surface area contributed by atoms with Crippen LogP contribution in [-0.4, -0.2) is 21.1 Å². The van der Waals surface area contributed by atoms with Crippen LogP contribution in [0, 0.1) is 12.8 Å². The van der Waals surface area contributed by atoms with Gasteiger partial charge in [0, 0.05) is 21.6 Å². The highest BCUT2D eigenvalue weighted by molar-refractivity contribution is 7.13. The Bertz CT molecular complexity index is 821. The maximum atomic E-state index is 12.2. The molecule has 0 saturated heterocycles. The quantitative estimate of drug-likeness (QED) is 0.746. The zero-order chi connectivity index (χ0) is 15.8. The van der Waals surface area contributed by atoms with Gasteiger partial charge in [0.1, 0.15) is 5.82 Å². The molecule has 118 valence electrons. The maximum absolute atomic E-state index is 12.2. The van der Waals surface area contributed by atoms with E-state index in [0.29, 0.717) is 24.1 Å². The smallest absolute Gasteiger partial charge is 0.224 e. The second kappa shape index (κ2) is 5.90. The van der Waals surface area contributed by atoms with Crippen LogP contribution < -0.4 is 5.32 Å². The second-order valence-electron chi connectivity index (χ2n) is 5.70. The lowest BCUT2D eigenvalue weighted by Crippen LogP contribution is -2.25. The molecular weight excluding hydrogens is 328 g/mol. The van der Waals surface area contributed by atoms with Gasteiger partial charge in [0.15, 0.2) is 5.82 Å². The van der Waals surface area contributed by atoms with Crippen LogP contribution in [0.3, 0.4) is 0 Å². The van der Waals surface area contributed by atoms with Crippen molar-refractivity contribution in [1.82, 2.24) is 20.5 Å². The van der Waals surface area contributed by atoms with Gasteiger partial charge in [-0.2, -0.15) is 5.10 Å². The normalized spacial score (nSPS) is 19.7. The number of aromatic amines is 1. The number of hydrogen-bond donors (Lipinski definition) is 2. The zero-order valence-corrected chi connectivity index (χ0v) is 14.2. The number of aryl methyl sites for hydroxylation is 1. The molecule has 0 aliphatic heterocycles. The molecule has 3 aromatic heterocycles. The summed E-state index contributed by atoms with van der Waals surface area (Å²) in [5, 5.41) is 12.0. The number of nitrogens with one attached hydrogen (secondary N) is 2. The van der Waals surface area contributed by atoms with Crippen LogP contribution in [0.25, 0.3) is 10.7 Å². The summed E-state index contributed by atoms with van der Waals surface area (Å²) in [6.07, 6.45) is 0.947. The van der Waals surface area contributed by atoms with Gasteiger partial charge in [0.25, 0.3) is 0 Å². The van der Waals surface area contributed by atoms with Gasteiger partial charge in [0.05, 0.1) is 11.4 Å². The van der Waals surface area contributed by atoms with Gasteiger partial charge >= 0.3 is 0 Å². The summed E-state index contributed by atoms with van der Waals surface area (Å²) in [6, 6.07) is 8.21. The topological polar surface area (TPSA) is 70.7 Å². The fraction of sp³-hybridized carbons (Fsp3) is 0.312. The molecule has 1 amide bonds. The van der Waals surface area contributed by atoms with Crippen molar-refractivity contribution in [3.63, 3.8) is 0 Å². The van der Waals surface area contributed by atoms with Crippen molar-refractivity contribution in [2.45, 2.75) is 25.8 Å². The Morgan fingerprint density at radius 2 is 2.35 bits per heavy atom. The summed E-state index contributed by atoms with van der Waals surface area (Å²) in [4.78, 5) is 20.3. The SMILES string of the molecule is Cc1ccc([C@H]2C[C@H]2C(=O)NCc2nc(-c3cccs3)n[nH]2)s1. The van der Waals surface area contributed by atoms with Gasteiger partial charge in [-0.15, -0.1) is 22.7 Å². The summed E-state index contributed by atoms with van der Waals surface area (Å²) >= 11 is 3.39. The number of carbonyl (C=O) groups excluding carboxylic acids is 1. The van der Waals surface area contributed by atoms with Crippen LogP contribution in [0.4, 0.5) is 0 Å². The molecule has 3 aromatic rings. The first-order chi connectivity index (χ1) is 11.2. The number of aromatic nitrogens is 3. The third-order valence-electron chi connectivity index (χ3n) is 3.96. The van der Waals surface area contributed by atoms with Crippen LogP contribution in [0.15, 0.2) is 29.6 Å². The Morgan fingerprint density at radius 1 is 1.43 bits per heavy atom. The molecule has 4 rings (SSSR count). The molecule has 1 fully saturated rings. The predicted molar refractivity (Wildman–Crippen MR) is 91.4 cm³/mol. The molecule has 2 N–H and O–H groups in total. The van der Waals surface area contributed by atoms with Gasteiger partial charge in [0.2, 0.25) is 5.91 Å². The monoisotopic (exact) mass is 344 g/mol. The van der Waals surface area contributed by atoms with E-state index in [1.807, 2.05) is 17.5 Å². The molecule has 7 heteroatoms. The number of amides is 1. The van der Waals surface area contributed by atoms with E-state index in [4.69, 9.17) is 0 Å². The molecule has 2 atom stereocenters. The number of rotatable bonds is 5. The third-order valence-corrected chi connectivity index (χ3v) is 5.96. The Kier molecular flexibility index (Phi) is 3.74. The molecular formula is C16H16N4OS2. The Balaban J connectivity index is 1.32. The van der Waals surface area contributed by atoms with E-state index in [1.54, 1.807) is 22.7 Å². The minimum atomic E-state index is 0.104. The molecule has 0 unspecified atom stereocenters. The lowest BCUT2D eigenvalue weighted by molar-refractivity contribution is -0.122. The molecule has 1 aliphatic rings. The molecule has 3 heterocycles. The standard InChI is InChI=1S/C16H16N4OS2/c1-9-4-5-12(23-9)10-7-11(10)16(21)17-8-14-18-15(20-19-14)13-3-2-6-22-13/h2-6,10-11H,7-8H2,1H3,(H,17,21)(H,18,19,20)/t10-,11+/m0/s1. The number of thiophene rings is 2. The fourth-order valence-corrected chi connectivity index (χ4v) is 4.36. The number of nitrogens with zero attached hydrogens (tertiary/aromatic N) is 2. The Morgan fingerprint density at radius 3 is 3.09 bits per heavy atom. The van der Waals surface area contributed by atoms with Gasteiger partial charge in [-0.05, 0) is 36.9 Å². The van der Waals surface area contributed by atoms with Crippen molar-refractivity contribution in [2.24, 2.45) is 5.92 Å². The van der Waals surface area contributed by atoms with Crippen molar-refractivity contribution >= 4 is 28.6 Å². The fourth-order valence-electron chi connectivity index (χ4n) is 2.64. The van der Waals surface area contributed by atoms with Crippen molar-refractivity contribution in [1.29, 1.82) is 0 Å². The van der Waals surface area contributed by atoms with Crippen LogP contribution >= 0.6 is 22.7 Å². The number of carbonyl (C=O) groups is 1. The van der Waals surface area contributed by atoms with Crippen LogP contribution in [0.5, 0.6) is 0 Å². The van der Waals surface area contributed by atoms with Gasteiger partial charge in [-0.25, -0.2) is 4.98 Å². The van der Waals surface area contributed by atoms with E-state index in [9.17, 15) is 4.79 Å². The van der Waals surface area contributed by atoms with Crippen molar-refractivity contribution in [3.8, 4) is 10.7 Å². The molecule has 0 aromatic carbocycles. The lowest BCUT2D eigenvalue weighted by atomic mass is 10.2. The number of hydrogen-bond acceptors (Lipinski definition) is 5. The Hall–Kier alpha value is -1.99. The van der Waals surface area contributed by atoms with Gasteiger partial charge in [-0.3, -0.25) is 9.89 Å². The minimum Gasteiger partial charge on any atom is -0.349 e. The van der Waals surface area contributed by atoms with Crippen molar-refractivity contribution in [2.75, 3.05) is 0 Å². The summed E-state index contributed by atoms with van der Waals surface area (Å²) in [7, 11) is 0. The Labute approximate surface area is 141 Å². The van der Waals surface area contributed by atoms with E-state index in [1.165, 1.54) is 9.75 Å². The molecule has 0 spiro atoms. The van der Waals surface area contributed by atoms with Gasteiger partial charge in [-0.1, -0.05) is 6.07 Å². The van der Waals surface area contributed by atoms with Gasteiger partial charge < -0.3 is 5.32 Å². The highest BCUT2D eigenvalue weighted by Crippen LogP contribution is 2.49. The molecule has 23 heavy (non-hydrogen) atoms. The second-order valence-corrected chi connectivity index (χ2v) is 7.97. The van der Waals surface area contributed by atoms with E-state index in [0.717, 1.165) is 11.3 Å². The van der Waals surface area contributed by atoms with Crippen molar-refractivity contribution < 1.29 is 4.79 Å². The first-order valence-corrected chi connectivity index (χ1v) is 9.19. The summed E-state index contributed by atoms with van der Waals surface area (Å²) in [5.74, 6) is 1.97.